The summed E-state index contributed by atoms with van der Waals surface area (Å²) in [5, 5.41) is 0.737. The van der Waals surface area contributed by atoms with Crippen molar-refractivity contribution in [2.75, 3.05) is 14.2 Å². The van der Waals surface area contributed by atoms with E-state index in [4.69, 9.17) is 23.6 Å². The number of ketones is 1. The van der Waals surface area contributed by atoms with Gasteiger partial charge in [0.2, 0.25) is 11.5 Å². The zero-order valence-electron chi connectivity index (χ0n) is 18.0. The SMILES string of the molecule is COc1c2c(nc3occc13)[C@@](CC=C(C)C)(OC)C(=O)C1=C2OC(C)(C)[C@@H]1C. The maximum absolute atomic E-state index is 13.9. The fourth-order valence-electron chi connectivity index (χ4n) is 4.25. The van der Waals surface area contributed by atoms with Gasteiger partial charge in [0.15, 0.2) is 5.60 Å². The highest BCUT2D eigenvalue weighted by atomic mass is 16.5. The van der Waals surface area contributed by atoms with Gasteiger partial charge in [-0.05, 0) is 33.8 Å². The maximum Gasteiger partial charge on any atom is 0.229 e. The lowest BCUT2D eigenvalue weighted by Gasteiger charge is -2.35. The van der Waals surface area contributed by atoms with E-state index in [1.807, 2.05) is 46.8 Å². The first-order valence-corrected chi connectivity index (χ1v) is 9.80. The predicted molar refractivity (Wildman–Crippen MR) is 110 cm³/mol. The Hall–Kier alpha value is -2.60. The van der Waals surface area contributed by atoms with Crippen molar-refractivity contribution in [3.8, 4) is 5.75 Å². The molecule has 2 atom stereocenters. The van der Waals surface area contributed by atoms with Crippen molar-refractivity contribution in [1.82, 2.24) is 4.98 Å². The molecule has 4 rings (SSSR count). The molecular weight excluding hydrogens is 370 g/mol. The van der Waals surface area contributed by atoms with Crippen LogP contribution in [0.4, 0.5) is 0 Å². The summed E-state index contributed by atoms with van der Waals surface area (Å²) >= 11 is 0. The molecule has 2 aromatic heterocycles. The number of methoxy groups -OCH3 is 2. The normalized spacial score (nSPS) is 24.9. The van der Waals surface area contributed by atoms with Gasteiger partial charge in [-0.1, -0.05) is 18.6 Å². The molecule has 0 radical (unpaired) electrons. The van der Waals surface area contributed by atoms with Crippen LogP contribution in [0.1, 0.15) is 52.3 Å². The number of rotatable bonds is 4. The molecule has 0 aromatic carbocycles. The van der Waals surface area contributed by atoms with Gasteiger partial charge in [0.25, 0.3) is 0 Å². The third-order valence-corrected chi connectivity index (χ3v) is 6.22. The van der Waals surface area contributed by atoms with Crippen molar-refractivity contribution in [3.63, 3.8) is 0 Å². The summed E-state index contributed by atoms with van der Waals surface area (Å²) in [7, 11) is 3.16. The largest absolute Gasteiger partial charge is 0.495 e. The van der Waals surface area contributed by atoms with E-state index in [-0.39, 0.29) is 11.7 Å². The lowest BCUT2D eigenvalue weighted by molar-refractivity contribution is -0.139. The summed E-state index contributed by atoms with van der Waals surface area (Å²) in [5.41, 5.74) is 1.49. The highest BCUT2D eigenvalue weighted by molar-refractivity contribution is 6.13. The van der Waals surface area contributed by atoms with Crippen LogP contribution in [0.5, 0.6) is 5.75 Å². The summed E-state index contributed by atoms with van der Waals surface area (Å²) < 4.78 is 23.7. The number of carbonyl (C=O) groups is 1. The van der Waals surface area contributed by atoms with Gasteiger partial charge < -0.3 is 18.6 Å². The molecule has 29 heavy (non-hydrogen) atoms. The van der Waals surface area contributed by atoms with E-state index >= 15 is 0 Å². The summed E-state index contributed by atoms with van der Waals surface area (Å²) in [6.07, 6.45) is 3.93. The van der Waals surface area contributed by atoms with Crippen molar-refractivity contribution in [2.24, 2.45) is 5.92 Å². The van der Waals surface area contributed by atoms with E-state index < -0.39 is 11.2 Å². The van der Waals surface area contributed by atoms with Gasteiger partial charge in [0.1, 0.15) is 17.1 Å². The van der Waals surface area contributed by atoms with Crippen LogP contribution in [-0.2, 0) is 19.9 Å². The van der Waals surface area contributed by atoms with Crippen LogP contribution in [0.3, 0.4) is 0 Å². The molecule has 0 saturated heterocycles. The third kappa shape index (κ3) is 2.58. The Labute approximate surface area is 170 Å². The van der Waals surface area contributed by atoms with Gasteiger partial charge in [0.05, 0.1) is 30.0 Å². The molecule has 6 nitrogen and oxygen atoms in total. The van der Waals surface area contributed by atoms with Crippen molar-refractivity contribution in [2.45, 2.75) is 52.2 Å². The monoisotopic (exact) mass is 397 g/mol. The van der Waals surface area contributed by atoms with E-state index in [0.29, 0.717) is 40.5 Å². The molecule has 0 bridgehead atoms. The fraction of sp³-hybridized carbons (Fsp3) is 0.478. The molecule has 0 N–H and O–H groups in total. The molecule has 3 heterocycles. The fourth-order valence-corrected chi connectivity index (χ4v) is 4.25. The average Bonchev–Trinajstić information content (AvgIpc) is 3.23. The highest BCUT2D eigenvalue weighted by Gasteiger charge is 2.57. The van der Waals surface area contributed by atoms with Crippen molar-refractivity contribution >= 4 is 22.6 Å². The Morgan fingerprint density at radius 1 is 1.31 bits per heavy atom. The predicted octanol–water partition coefficient (Wildman–Crippen LogP) is 4.77. The van der Waals surface area contributed by atoms with E-state index in [1.165, 1.54) is 0 Å². The minimum atomic E-state index is -1.27. The number of furan rings is 1. The Balaban J connectivity index is 2.12. The van der Waals surface area contributed by atoms with E-state index in [1.54, 1.807) is 20.5 Å². The lowest BCUT2D eigenvalue weighted by atomic mass is 9.73. The maximum atomic E-state index is 13.9. The van der Waals surface area contributed by atoms with Gasteiger partial charge in [-0.15, -0.1) is 0 Å². The molecule has 0 spiro atoms. The van der Waals surface area contributed by atoms with E-state index in [2.05, 4.69) is 0 Å². The number of pyridine rings is 1. The number of hydrogen-bond acceptors (Lipinski definition) is 6. The van der Waals surface area contributed by atoms with Crippen molar-refractivity contribution < 1.29 is 23.4 Å². The average molecular weight is 397 g/mol. The Bertz CT molecular complexity index is 1070. The zero-order chi connectivity index (χ0) is 21.1. The first kappa shape index (κ1) is 19.7. The molecule has 0 amide bonds. The van der Waals surface area contributed by atoms with Crippen LogP contribution in [0.2, 0.25) is 0 Å². The van der Waals surface area contributed by atoms with Crippen molar-refractivity contribution in [1.29, 1.82) is 0 Å². The van der Waals surface area contributed by atoms with Gasteiger partial charge in [0, 0.05) is 25.0 Å². The van der Waals surface area contributed by atoms with Crippen LogP contribution >= 0.6 is 0 Å². The van der Waals surface area contributed by atoms with Gasteiger partial charge in [-0.2, -0.15) is 0 Å². The Kier molecular flexibility index (Phi) is 4.39. The first-order chi connectivity index (χ1) is 13.7. The molecular formula is C23H27NO5. The summed E-state index contributed by atoms with van der Waals surface area (Å²) in [6, 6.07) is 1.81. The standard InChI is InChI=1S/C23H27NO5/c1-12(2)8-10-23(27-7)19-16(17(26-6)14-9-11-28-21(14)24-19)18-15(20(23)25)13(3)22(4,5)29-18/h8-9,11,13H,10H2,1-7H3/t13-,23-/m1/s1. The number of nitrogens with zero attached hydrogens (tertiary/aromatic N) is 1. The number of Topliss-reactive ketones (excluding diaryl/α,β-unsaturated/α-hetero) is 1. The molecule has 0 unspecified atom stereocenters. The van der Waals surface area contributed by atoms with Gasteiger partial charge in [-0.25, -0.2) is 4.98 Å². The molecule has 0 fully saturated rings. The van der Waals surface area contributed by atoms with Crippen LogP contribution in [0.25, 0.3) is 16.9 Å². The summed E-state index contributed by atoms with van der Waals surface area (Å²) in [4.78, 5) is 18.6. The zero-order valence-corrected chi connectivity index (χ0v) is 18.0. The smallest absolute Gasteiger partial charge is 0.229 e. The van der Waals surface area contributed by atoms with Crippen LogP contribution in [0, 0.1) is 5.92 Å². The molecule has 6 heteroatoms. The first-order valence-electron chi connectivity index (χ1n) is 9.80. The van der Waals surface area contributed by atoms with Crippen LogP contribution in [-0.4, -0.2) is 30.6 Å². The van der Waals surface area contributed by atoms with E-state index in [9.17, 15) is 4.79 Å². The molecule has 0 saturated carbocycles. The topological polar surface area (TPSA) is 70.8 Å². The number of carbonyl (C=O) groups excluding carboxylic acids is 1. The quantitative estimate of drug-likeness (QED) is 0.692. The summed E-state index contributed by atoms with van der Waals surface area (Å²) in [5.74, 6) is 0.907. The van der Waals surface area contributed by atoms with Crippen LogP contribution < -0.4 is 4.74 Å². The number of fused-ring (bicyclic) bond motifs is 3. The number of hydrogen-bond donors (Lipinski definition) is 0. The lowest BCUT2D eigenvalue weighted by Crippen LogP contribution is -2.44. The second-order valence-electron chi connectivity index (χ2n) is 8.52. The highest BCUT2D eigenvalue weighted by Crippen LogP contribution is 2.55. The number of ether oxygens (including phenoxy) is 3. The minimum Gasteiger partial charge on any atom is -0.495 e. The minimum absolute atomic E-state index is 0.107. The molecule has 1 aliphatic carbocycles. The Morgan fingerprint density at radius 3 is 2.66 bits per heavy atom. The van der Waals surface area contributed by atoms with Gasteiger partial charge in [-0.3, -0.25) is 4.79 Å². The van der Waals surface area contributed by atoms with Crippen molar-refractivity contribution in [3.05, 3.63) is 40.8 Å². The van der Waals surface area contributed by atoms with Gasteiger partial charge >= 0.3 is 0 Å². The second-order valence-corrected chi connectivity index (χ2v) is 8.52. The van der Waals surface area contributed by atoms with Crippen LogP contribution in [0.15, 0.2) is 34.0 Å². The molecule has 1 aliphatic heterocycles. The van der Waals surface area contributed by atoms with E-state index in [0.717, 1.165) is 11.0 Å². The second kappa shape index (κ2) is 6.46. The summed E-state index contributed by atoms with van der Waals surface area (Å²) in [6.45, 7) is 9.99. The third-order valence-electron chi connectivity index (χ3n) is 6.22. The number of allylic oxidation sites excluding steroid dienone is 1. The molecule has 2 aliphatic rings. The number of aromatic nitrogens is 1. The molecule has 2 aromatic rings. The Morgan fingerprint density at radius 2 is 2.03 bits per heavy atom. The molecule has 154 valence electrons.